The zero-order valence-corrected chi connectivity index (χ0v) is 9.37. The summed E-state index contributed by atoms with van der Waals surface area (Å²) >= 11 is 1.52. The number of carbonyl (C=O) groups excluding carboxylic acids is 1. The summed E-state index contributed by atoms with van der Waals surface area (Å²) in [4.78, 5) is 21.6. The number of hydrogen-bond acceptors (Lipinski definition) is 4. The molecule has 0 radical (unpaired) electrons. The van der Waals surface area contributed by atoms with Crippen molar-refractivity contribution in [3.63, 3.8) is 0 Å². The number of carboxylic acids is 1. The summed E-state index contributed by atoms with van der Waals surface area (Å²) in [6.45, 7) is 0.163. The highest BCUT2D eigenvalue weighted by atomic mass is 32.1. The number of carboxylic acid groups (broad SMARTS) is 1. The molecule has 1 aromatic heterocycles. The summed E-state index contributed by atoms with van der Waals surface area (Å²) in [6.07, 6.45) is -1.11. The summed E-state index contributed by atoms with van der Waals surface area (Å²) in [5, 5.41) is 23.7. The second-order valence-electron chi connectivity index (χ2n) is 3.30. The lowest BCUT2D eigenvalue weighted by atomic mass is 10.2. The quantitative estimate of drug-likeness (QED) is 0.668. The first-order valence-electron chi connectivity index (χ1n) is 4.78. The van der Waals surface area contributed by atoms with Gasteiger partial charge in [-0.15, -0.1) is 0 Å². The molecule has 0 spiro atoms. The van der Waals surface area contributed by atoms with Gasteiger partial charge in [0.15, 0.2) is 6.10 Å². The summed E-state index contributed by atoms with van der Waals surface area (Å²) in [5.41, 5.74) is 0.932. The average Bonchev–Trinajstić information content (AvgIpc) is 2.70. The predicted molar refractivity (Wildman–Crippen MR) is 59.3 cm³/mol. The SMILES string of the molecule is O=C(Cc1ccsc1)NCC[C@H](O)C(=O)O. The van der Waals surface area contributed by atoms with Crippen LogP contribution >= 0.6 is 11.3 Å². The maximum atomic E-state index is 11.3. The van der Waals surface area contributed by atoms with Gasteiger partial charge in [0.05, 0.1) is 6.42 Å². The van der Waals surface area contributed by atoms with Crippen molar-refractivity contribution in [3.8, 4) is 0 Å². The van der Waals surface area contributed by atoms with E-state index in [1.807, 2.05) is 16.8 Å². The Morgan fingerprint density at radius 3 is 2.81 bits per heavy atom. The van der Waals surface area contributed by atoms with Gasteiger partial charge in [-0.05, 0) is 22.4 Å². The molecule has 1 heterocycles. The minimum absolute atomic E-state index is 0.0186. The number of aliphatic hydroxyl groups excluding tert-OH is 1. The molecule has 0 bridgehead atoms. The Balaban J connectivity index is 2.18. The van der Waals surface area contributed by atoms with Crippen molar-refractivity contribution >= 4 is 23.2 Å². The van der Waals surface area contributed by atoms with Crippen molar-refractivity contribution in [2.24, 2.45) is 0 Å². The number of thiophene rings is 1. The standard InChI is InChI=1S/C10H13NO4S/c12-8(10(14)15)1-3-11-9(13)5-7-2-4-16-6-7/h2,4,6,8,12H,1,3,5H2,(H,11,13)(H,14,15)/t8-/m0/s1. The largest absolute Gasteiger partial charge is 0.479 e. The normalized spacial score (nSPS) is 12.1. The Bertz CT molecular complexity index is 350. The van der Waals surface area contributed by atoms with Gasteiger partial charge in [-0.1, -0.05) is 0 Å². The second-order valence-corrected chi connectivity index (χ2v) is 4.08. The van der Waals surface area contributed by atoms with E-state index in [-0.39, 0.29) is 25.3 Å². The van der Waals surface area contributed by atoms with Gasteiger partial charge in [0.1, 0.15) is 0 Å². The summed E-state index contributed by atoms with van der Waals surface area (Å²) in [6, 6.07) is 1.86. The molecule has 0 aliphatic carbocycles. The summed E-state index contributed by atoms with van der Waals surface area (Å²) in [7, 11) is 0. The molecule has 0 fully saturated rings. The van der Waals surface area contributed by atoms with Gasteiger partial charge < -0.3 is 15.5 Å². The molecule has 1 aromatic rings. The molecule has 3 N–H and O–H groups in total. The van der Waals surface area contributed by atoms with E-state index in [0.717, 1.165) is 5.56 Å². The molecule has 0 aliphatic rings. The Labute approximate surface area is 96.7 Å². The number of carbonyl (C=O) groups is 2. The van der Waals surface area contributed by atoms with E-state index in [2.05, 4.69) is 5.32 Å². The lowest BCUT2D eigenvalue weighted by Crippen LogP contribution is -2.30. The number of nitrogens with one attached hydrogen (secondary N) is 1. The van der Waals surface area contributed by atoms with Crippen LogP contribution in [0.5, 0.6) is 0 Å². The van der Waals surface area contributed by atoms with Crippen molar-refractivity contribution in [1.29, 1.82) is 0 Å². The van der Waals surface area contributed by atoms with E-state index in [9.17, 15) is 9.59 Å². The third-order valence-corrected chi connectivity index (χ3v) is 2.70. The molecule has 88 valence electrons. The van der Waals surface area contributed by atoms with Crippen LogP contribution in [0.1, 0.15) is 12.0 Å². The molecule has 1 rings (SSSR count). The molecule has 5 nitrogen and oxygen atoms in total. The lowest BCUT2D eigenvalue weighted by molar-refractivity contribution is -0.147. The summed E-state index contributed by atoms with van der Waals surface area (Å²) < 4.78 is 0. The minimum Gasteiger partial charge on any atom is -0.479 e. The first kappa shape index (κ1) is 12.7. The van der Waals surface area contributed by atoms with E-state index in [0.29, 0.717) is 0 Å². The van der Waals surface area contributed by atoms with Crippen molar-refractivity contribution in [2.45, 2.75) is 18.9 Å². The van der Waals surface area contributed by atoms with Gasteiger partial charge in [0.25, 0.3) is 0 Å². The first-order valence-corrected chi connectivity index (χ1v) is 5.72. The molecule has 0 aromatic carbocycles. The van der Waals surface area contributed by atoms with E-state index in [1.54, 1.807) is 0 Å². The van der Waals surface area contributed by atoms with Crippen LogP contribution < -0.4 is 5.32 Å². The first-order chi connectivity index (χ1) is 7.59. The summed E-state index contributed by atoms with van der Waals surface area (Å²) in [5.74, 6) is -1.44. The highest BCUT2D eigenvalue weighted by molar-refractivity contribution is 7.07. The molecule has 16 heavy (non-hydrogen) atoms. The molecule has 0 saturated carbocycles. The van der Waals surface area contributed by atoms with Crippen molar-refractivity contribution in [2.75, 3.05) is 6.54 Å². The van der Waals surface area contributed by atoms with Gasteiger partial charge in [-0.25, -0.2) is 4.79 Å². The maximum Gasteiger partial charge on any atom is 0.332 e. The third kappa shape index (κ3) is 4.41. The monoisotopic (exact) mass is 243 g/mol. The number of rotatable bonds is 6. The predicted octanol–water partition coefficient (Wildman–Crippen LogP) is 0.242. The van der Waals surface area contributed by atoms with Gasteiger partial charge in [-0.3, -0.25) is 4.79 Å². The van der Waals surface area contributed by atoms with E-state index in [4.69, 9.17) is 10.2 Å². The lowest BCUT2D eigenvalue weighted by Gasteiger charge is -2.06. The number of aliphatic hydroxyl groups is 1. The maximum absolute atomic E-state index is 11.3. The smallest absolute Gasteiger partial charge is 0.332 e. The van der Waals surface area contributed by atoms with Gasteiger partial charge in [0.2, 0.25) is 5.91 Å². The second kappa shape index (κ2) is 6.24. The Morgan fingerprint density at radius 1 is 1.50 bits per heavy atom. The molecular weight excluding hydrogens is 230 g/mol. The molecule has 0 unspecified atom stereocenters. The topological polar surface area (TPSA) is 86.6 Å². The van der Waals surface area contributed by atoms with Crippen LogP contribution in [0.25, 0.3) is 0 Å². The van der Waals surface area contributed by atoms with Gasteiger partial charge in [0, 0.05) is 13.0 Å². The molecule has 1 atom stereocenters. The average molecular weight is 243 g/mol. The van der Waals surface area contributed by atoms with Crippen LogP contribution in [-0.2, 0) is 16.0 Å². The fourth-order valence-corrected chi connectivity index (χ4v) is 1.78. The van der Waals surface area contributed by atoms with Crippen LogP contribution in [0.15, 0.2) is 16.8 Å². The van der Waals surface area contributed by atoms with E-state index >= 15 is 0 Å². The molecule has 1 amide bonds. The Hall–Kier alpha value is -1.40. The number of aliphatic carboxylic acids is 1. The Kier molecular flexibility index (Phi) is 4.94. The number of hydrogen-bond donors (Lipinski definition) is 3. The zero-order chi connectivity index (χ0) is 12.0. The molecule has 0 saturated heterocycles. The van der Waals surface area contributed by atoms with Crippen LogP contribution in [0.2, 0.25) is 0 Å². The fraction of sp³-hybridized carbons (Fsp3) is 0.400. The van der Waals surface area contributed by atoms with Crippen molar-refractivity contribution in [3.05, 3.63) is 22.4 Å². The zero-order valence-electron chi connectivity index (χ0n) is 8.55. The van der Waals surface area contributed by atoms with Crippen LogP contribution in [0.3, 0.4) is 0 Å². The van der Waals surface area contributed by atoms with Gasteiger partial charge in [-0.2, -0.15) is 11.3 Å². The van der Waals surface area contributed by atoms with Crippen molar-refractivity contribution in [1.82, 2.24) is 5.32 Å². The van der Waals surface area contributed by atoms with E-state index < -0.39 is 12.1 Å². The van der Waals surface area contributed by atoms with Gasteiger partial charge >= 0.3 is 5.97 Å². The molecule has 0 aliphatic heterocycles. The molecular formula is C10H13NO4S. The van der Waals surface area contributed by atoms with Crippen molar-refractivity contribution < 1.29 is 19.8 Å². The minimum atomic E-state index is -1.42. The Morgan fingerprint density at radius 2 is 2.25 bits per heavy atom. The number of amides is 1. The van der Waals surface area contributed by atoms with Crippen LogP contribution in [-0.4, -0.2) is 34.7 Å². The van der Waals surface area contributed by atoms with Crippen LogP contribution in [0.4, 0.5) is 0 Å². The molecule has 6 heteroatoms. The van der Waals surface area contributed by atoms with E-state index in [1.165, 1.54) is 11.3 Å². The highest BCUT2D eigenvalue weighted by Gasteiger charge is 2.12. The fourth-order valence-electron chi connectivity index (χ4n) is 1.11. The van der Waals surface area contributed by atoms with Crippen LogP contribution in [0, 0.1) is 0 Å². The highest BCUT2D eigenvalue weighted by Crippen LogP contribution is 2.06. The third-order valence-electron chi connectivity index (χ3n) is 1.97.